The van der Waals surface area contributed by atoms with Crippen molar-refractivity contribution in [3.8, 4) is 5.75 Å². The molecule has 6 heteroatoms. The van der Waals surface area contributed by atoms with E-state index in [0.717, 1.165) is 49.2 Å². The summed E-state index contributed by atoms with van der Waals surface area (Å²) in [4.78, 5) is 19.7. The molecular weight excluding hydrogens is 402 g/mol. The summed E-state index contributed by atoms with van der Waals surface area (Å²) < 4.78 is 12.8. The molecule has 32 heavy (non-hydrogen) atoms. The summed E-state index contributed by atoms with van der Waals surface area (Å²) in [6, 6.07) is 10.2. The van der Waals surface area contributed by atoms with Gasteiger partial charge in [0.25, 0.3) is 5.91 Å². The van der Waals surface area contributed by atoms with Crippen LogP contribution in [0.25, 0.3) is 10.9 Å². The maximum Gasteiger partial charge on any atom is 0.261 e. The van der Waals surface area contributed by atoms with Crippen LogP contribution in [0.2, 0.25) is 0 Å². The number of aromatic nitrogens is 2. The lowest BCUT2D eigenvalue weighted by molar-refractivity contribution is 0.0576. The third kappa shape index (κ3) is 3.34. The maximum absolute atomic E-state index is 13.4. The van der Waals surface area contributed by atoms with Gasteiger partial charge >= 0.3 is 0 Å². The molecule has 0 radical (unpaired) electrons. The van der Waals surface area contributed by atoms with Gasteiger partial charge in [0.2, 0.25) is 0 Å². The minimum atomic E-state index is 0.00287. The highest BCUT2D eigenvalue weighted by Crippen LogP contribution is 2.47. The second-order valence-corrected chi connectivity index (χ2v) is 8.88. The Morgan fingerprint density at radius 3 is 2.75 bits per heavy atom. The van der Waals surface area contributed by atoms with Gasteiger partial charge in [-0.25, -0.2) is 0 Å². The van der Waals surface area contributed by atoms with Gasteiger partial charge in [0.15, 0.2) is 0 Å². The minimum Gasteiger partial charge on any atom is -0.504 e. The molecule has 6 nitrogen and oxygen atoms in total. The number of fused-ring (bicyclic) bond motifs is 5. The van der Waals surface area contributed by atoms with Gasteiger partial charge in [0, 0.05) is 42.1 Å². The number of nitrogens with zero attached hydrogens (tertiary/aromatic N) is 2. The molecule has 0 saturated carbocycles. The Bertz CT molecular complexity index is 1140. The molecule has 5 rings (SSSR count). The first kappa shape index (κ1) is 20.9. The number of ether oxygens (including phenoxy) is 2. The van der Waals surface area contributed by atoms with E-state index in [1.807, 2.05) is 36.7 Å². The molecule has 1 aromatic carbocycles. The lowest BCUT2D eigenvalue weighted by atomic mass is 9.74. The monoisotopic (exact) mass is 433 g/mol. The molecular formula is C26H31N3O3. The highest BCUT2D eigenvalue weighted by molar-refractivity contribution is 5.96. The topological polar surface area (TPSA) is 59.5 Å². The molecule has 2 aromatic heterocycles. The fourth-order valence-corrected chi connectivity index (χ4v) is 5.79. The van der Waals surface area contributed by atoms with Crippen molar-refractivity contribution in [1.82, 2.24) is 14.5 Å². The number of carbonyl (C=O) groups is 1. The number of aromatic amines is 1. The lowest BCUT2D eigenvalue weighted by Gasteiger charge is -2.46. The van der Waals surface area contributed by atoms with Gasteiger partial charge < -0.3 is 14.5 Å². The van der Waals surface area contributed by atoms with Crippen molar-refractivity contribution in [2.24, 2.45) is 11.8 Å². The molecule has 1 fully saturated rings. The Hall–Kier alpha value is -2.99. The largest absolute Gasteiger partial charge is 0.504 e. The van der Waals surface area contributed by atoms with Crippen LogP contribution >= 0.6 is 0 Å². The van der Waals surface area contributed by atoms with Gasteiger partial charge in [-0.1, -0.05) is 19.4 Å². The SMILES string of the molecule is CC[C@@H]1CN2CCc3c([nH]c4cccc(OC)c34)[C@@H]2C[C@@H]1/C(=C\OC)C(=O)n1cccc1. The zero-order valence-corrected chi connectivity index (χ0v) is 19.0. The van der Waals surface area contributed by atoms with Crippen LogP contribution in [-0.2, 0) is 11.2 Å². The summed E-state index contributed by atoms with van der Waals surface area (Å²) in [7, 11) is 3.36. The number of rotatable bonds is 5. The second kappa shape index (κ2) is 8.51. The van der Waals surface area contributed by atoms with Crippen LogP contribution in [0.4, 0.5) is 0 Å². The number of methoxy groups -OCH3 is 2. The van der Waals surface area contributed by atoms with Crippen LogP contribution in [0.15, 0.2) is 54.6 Å². The first-order chi connectivity index (χ1) is 15.7. The first-order valence-corrected chi connectivity index (χ1v) is 11.5. The van der Waals surface area contributed by atoms with E-state index in [2.05, 4.69) is 22.9 Å². The van der Waals surface area contributed by atoms with E-state index in [-0.39, 0.29) is 17.9 Å². The molecule has 0 bridgehead atoms. The number of hydrogen-bond acceptors (Lipinski definition) is 4. The summed E-state index contributed by atoms with van der Waals surface area (Å²) in [6.45, 7) is 4.24. The third-order valence-electron chi connectivity index (χ3n) is 7.34. The number of allylic oxidation sites excluding steroid dienone is 1. The fourth-order valence-electron chi connectivity index (χ4n) is 5.79. The highest BCUT2D eigenvalue weighted by atomic mass is 16.5. The summed E-state index contributed by atoms with van der Waals surface area (Å²) in [5, 5.41) is 1.20. The van der Waals surface area contributed by atoms with Crippen LogP contribution in [0.3, 0.4) is 0 Å². The Morgan fingerprint density at radius 2 is 2.03 bits per heavy atom. The van der Waals surface area contributed by atoms with Gasteiger partial charge in [-0.15, -0.1) is 0 Å². The van der Waals surface area contributed by atoms with Crippen LogP contribution in [0.1, 0.15) is 41.9 Å². The molecule has 168 valence electrons. The lowest BCUT2D eigenvalue weighted by Crippen LogP contribution is -2.47. The van der Waals surface area contributed by atoms with Gasteiger partial charge in [-0.05, 0) is 54.5 Å². The zero-order valence-electron chi connectivity index (χ0n) is 19.0. The van der Waals surface area contributed by atoms with E-state index >= 15 is 0 Å². The van der Waals surface area contributed by atoms with Crippen molar-refractivity contribution in [3.63, 3.8) is 0 Å². The van der Waals surface area contributed by atoms with Crippen molar-refractivity contribution in [2.45, 2.75) is 32.2 Å². The summed E-state index contributed by atoms with van der Waals surface area (Å²) in [5.41, 5.74) is 4.53. The van der Waals surface area contributed by atoms with Crippen LogP contribution < -0.4 is 4.74 Å². The van der Waals surface area contributed by atoms with Crippen molar-refractivity contribution < 1.29 is 14.3 Å². The maximum atomic E-state index is 13.4. The minimum absolute atomic E-state index is 0.00287. The molecule has 1 saturated heterocycles. The average molecular weight is 434 g/mol. The number of nitrogens with one attached hydrogen (secondary N) is 1. The molecule has 0 spiro atoms. The molecule has 3 aromatic rings. The summed E-state index contributed by atoms with van der Waals surface area (Å²) in [6.07, 6.45) is 8.22. The molecule has 3 atom stereocenters. The quantitative estimate of drug-likeness (QED) is 0.464. The molecule has 2 aliphatic heterocycles. The van der Waals surface area contributed by atoms with E-state index in [4.69, 9.17) is 9.47 Å². The average Bonchev–Trinajstić information content (AvgIpc) is 3.49. The van der Waals surface area contributed by atoms with E-state index in [1.165, 1.54) is 16.6 Å². The van der Waals surface area contributed by atoms with Gasteiger partial charge in [0.1, 0.15) is 5.75 Å². The van der Waals surface area contributed by atoms with Gasteiger partial charge in [-0.3, -0.25) is 14.3 Å². The first-order valence-electron chi connectivity index (χ1n) is 11.5. The highest BCUT2D eigenvalue weighted by Gasteiger charge is 2.42. The smallest absolute Gasteiger partial charge is 0.261 e. The standard InChI is InChI=1S/C26H31N3O3/c1-4-17-15-29-13-10-18-24-21(8-7-9-23(24)32-3)27-25(18)22(29)14-19(17)20(16-31-2)26(30)28-11-5-6-12-28/h5-9,11-12,16-17,19,22,27H,4,10,13-15H2,1-3H3/b20-16+/t17-,19+,22+/m1/s1. The van der Waals surface area contributed by atoms with Gasteiger partial charge in [0.05, 0.1) is 32.1 Å². The molecule has 0 unspecified atom stereocenters. The van der Waals surface area contributed by atoms with E-state index in [0.29, 0.717) is 5.92 Å². The number of benzene rings is 1. The normalized spacial score (nSPS) is 23.6. The van der Waals surface area contributed by atoms with Crippen molar-refractivity contribution in [2.75, 3.05) is 27.3 Å². The Labute approximate surface area is 188 Å². The Balaban J connectivity index is 1.55. The second-order valence-electron chi connectivity index (χ2n) is 8.88. The Morgan fingerprint density at radius 1 is 1.22 bits per heavy atom. The predicted octanol–water partition coefficient (Wildman–Crippen LogP) is 4.79. The molecule has 0 amide bonds. The molecule has 1 N–H and O–H groups in total. The van der Waals surface area contributed by atoms with Crippen LogP contribution in [0.5, 0.6) is 5.75 Å². The molecule has 2 aliphatic rings. The van der Waals surface area contributed by atoms with Crippen LogP contribution in [-0.4, -0.2) is 47.7 Å². The van der Waals surface area contributed by atoms with E-state index < -0.39 is 0 Å². The van der Waals surface area contributed by atoms with Crippen molar-refractivity contribution in [3.05, 3.63) is 65.8 Å². The predicted molar refractivity (Wildman–Crippen MR) is 125 cm³/mol. The molecule has 0 aliphatic carbocycles. The number of hydrogen-bond donors (Lipinski definition) is 1. The molecule has 4 heterocycles. The van der Waals surface area contributed by atoms with E-state index in [1.54, 1.807) is 25.0 Å². The van der Waals surface area contributed by atoms with Crippen LogP contribution in [0, 0.1) is 11.8 Å². The fraction of sp³-hybridized carbons (Fsp3) is 0.423. The van der Waals surface area contributed by atoms with Crippen molar-refractivity contribution >= 4 is 16.8 Å². The summed E-state index contributed by atoms with van der Waals surface area (Å²) in [5.74, 6) is 1.47. The number of carbonyl (C=O) groups excluding carboxylic acids is 1. The third-order valence-corrected chi connectivity index (χ3v) is 7.34. The van der Waals surface area contributed by atoms with Gasteiger partial charge in [-0.2, -0.15) is 0 Å². The van der Waals surface area contributed by atoms with Crippen molar-refractivity contribution in [1.29, 1.82) is 0 Å². The number of H-pyrrole nitrogens is 1. The zero-order chi connectivity index (χ0) is 22.2. The van der Waals surface area contributed by atoms with E-state index in [9.17, 15) is 4.79 Å². The summed E-state index contributed by atoms with van der Waals surface area (Å²) >= 11 is 0. The Kier molecular flexibility index (Phi) is 5.55. The number of piperidine rings is 1.